The van der Waals surface area contributed by atoms with E-state index in [1.54, 1.807) is 24.0 Å². The predicted molar refractivity (Wildman–Crippen MR) is 91.7 cm³/mol. The van der Waals surface area contributed by atoms with Crippen LogP contribution in [0.4, 0.5) is 10.6 Å². The topological polar surface area (TPSA) is 76.5 Å². The number of nitrogens with one attached hydrogen (secondary N) is 1. The molecule has 1 saturated heterocycles. The number of ether oxygens (including phenoxy) is 1. The summed E-state index contributed by atoms with van der Waals surface area (Å²) in [4.78, 5) is 26.3. The van der Waals surface area contributed by atoms with Crippen LogP contribution in [0.15, 0.2) is 12.3 Å². The van der Waals surface area contributed by atoms with Crippen LogP contribution in [-0.2, 0) is 16.6 Å². The number of carbonyl (C=O) groups is 2. The van der Waals surface area contributed by atoms with Crippen LogP contribution in [-0.4, -0.2) is 44.9 Å². The highest BCUT2D eigenvalue weighted by Gasteiger charge is 2.28. The van der Waals surface area contributed by atoms with Crippen molar-refractivity contribution in [3.63, 3.8) is 0 Å². The van der Waals surface area contributed by atoms with E-state index in [0.29, 0.717) is 25.2 Å². The summed E-state index contributed by atoms with van der Waals surface area (Å²) in [7, 11) is 1.78. The van der Waals surface area contributed by atoms with Gasteiger partial charge in [-0.25, -0.2) is 4.79 Å². The van der Waals surface area contributed by atoms with Gasteiger partial charge in [0.25, 0.3) is 0 Å². The highest BCUT2D eigenvalue weighted by Crippen LogP contribution is 2.23. The van der Waals surface area contributed by atoms with E-state index in [9.17, 15) is 9.59 Å². The van der Waals surface area contributed by atoms with Crippen molar-refractivity contribution in [1.29, 1.82) is 0 Å². The van der Waals surface area contributed by atoms with Gasteiger partial charge in [0, 0.05) is 32.1 Å². The second-order valence-electron chi connectivity index (χ2n) is 7.24. The zero-order valence-electron chi connectivity index (χ0n) is 15.0. The van der Waals surface area contributed by atoms with E-state index in [4.69, 9.17) is 4.74 Å². The first kappa shape index (κ1) is 18.3. The van der Waals surface area contributed by atoms with Gasteiger partial charge in [-0.1, -0.05) is 0 Å². The number of esters is 1. The fourth-order valence-electron chi connectivity index (χ4n) is 2.92. The van der Waals surface area contributed by atoms with Crippen molar-refractivity contribution in [1.82, 2.24) is 14.7 Å². The number of aryl methyl sites for hydroxylation is 1. The Labute approximate surface area is 143 Å². The molecule has 1 N–H and O–H groups in total. The molecule has 0 spiro atoms. The van der Waals surface area contributed by atoms with E-state index in [1.807, 2.05) is 25.7 Å². The van der Waals surface area contributed by atoms with Crippen LogP contribution >= 0.6 is 0 Å². The maximum atomic E-state index is 12.6. The summed E-state index contributed by atoms with van der Waals surface area (Å²) in [6.07, 6.45) is 5.59. The van der Waals surface area contributed by atoms with E-state index in [0.717, 1.165) is 19.3 Å². The first-order chi connectivity index (χ1) is 11.3. The molecule has 1 aromatic heterocycles. The number of anilines is 1. The molecule has 0 aliphatic carbocycles. The predicted octanol–water partition coefficient (Wildman–Crippen LogP) is 2.93. The van der Waals surface area contributed by atoms with Crippen LogP contribution in [0.25, 0.3) is 0 Å². The maximum absolute atomic E-state index is 12.6. The second kappa shape index (κ2) is 7.68. The normalized spacial score (nSPS) is 18.3. The van der Waals surface area contributed by atoms with Gasteiger partial charge in [0.1, 0.15) is 11.4 Å². The average Bonchev–Trinajstić information content (AvgIpc) is 2.89. The van der Waals surface area contributed by atoms with E-state index in [-0.39, 0.29) is 18.0 Å². The van der Waals surface area contributed by atoms with Crippen LogP contribution in [0.3, 0.4) is 0 Å². The molecule has 7 heteroatoms. The third kappa shape index (κ3) is 5.25. The summed E-state index contributed by atoms with van der Waals surface area (Å²) >= 11 is 0. The molecule has 1 aliphatic rings. The molecule has 1 atom stereocenters. The third-order valence-corrected chi connectivity index (χ3v) is 4.05. The fourth-order valence-corrected chi connectivity index (χ4v) is 2.92. The Bertz CT molecular complexity index is 577. The average molecular weight is 336 g/mol. The van der Waals surface area contributed by atoms with Gasteiger partial charge >= 0.3 is 12.0 Å². The molecule has 0 saturated carbocycles. The monoisotopic (exact) mass is 336 g/mol. The number of nitrogens with zero attached hydrogens (tertiary/aromatic N) is 3. The van der Waals surface area contributed by atoms with Crippen molar-refractivity contribution >= 4 is 17.8 Å². The molecular weight excluding hydrogens is 308 g/mol. The van der Waals surface area contributed by atoms with Crippen molar-refractivity contribution in [3.8, 4) is 0 Å². The fraction of sp³-hybridized carbons (Fsp3) is 0.706. The Hall–Kier alpha value is -2.05. The highest BCUT2D eigenvalue weighted by atomic mass is 16.6. The van der Waals surface area contributed by atoms with Gasteiger partial charge in [0.15, 0.2) is 0 Å². The number of amides is 2. The highest BCUT2D eigenvalue weighted by molar-refractivity contribution is 5.88. The first-order valence-corrected chi connectivity index (χ1v) is 8.54. The van der Waals surface area contributed by atoms with Crippen molar-refractivity contribution in [2.24, 2.45) is 7.05 Å². The van der Waals surface area contributed by atoms with Crippen molar-refractivity contribution in [2.75, 3.05) is 11.9 Å². The van der Waals surface area contributed by atoms with Gasteiger partial charge in [0.05, 0.1) is 6.20 Å². The zero-order valence-corrected chi connectivity index (χ0v) is 15.0. The van der Waals surface area contributed by atoms with E-state index < -0.39 is 5.60 Å². The first-order valence-electron chi connectivity index (χ1n) is 8.54. The second-order valence-corrected chi connectivity index (χ2v) is 7.24. The molecule has 2 amide bonds. The smallest absolute Gasteiger partial charge is 0.323 e. The van der Waals surface area contributed by atoms with Crippen molar-refractivity contribution in [3.05, 3.63) is 12.3 Å². The van der Waals surface area contributed by atoms with Gasteiger partial charge in [-0.05, 0) is 46.5 Å². The molecule has 0 unspecified atom stereocenters. The van der Waals surface area contributed by atoms with Gasteiger partial charge in [-0.2, -0.15) is 5.10 Å². The van der Waals surface area contributed by atoms with Gasteiger partial charge in [-0.3, -0.25) is 14.8 Å². The zero-order chi connectivity index (χ0) is 17.7. The SMILES string of the molecule is Cn1nccc1NC(=O)N1CCCC[C@H]1CCC(=O)OC(C)(C)C. The Morgan fingerprint density at radius 3 is 2.75 bits per heavy atom. The van der Waals surface area contributed by atoms with E-state index in [2.05, 4.69) is 10.4 Å². The Morgan fingerprint density at radius 2 is 2.12 bits per heavy atom. The van der Waals surface area contributed by atoms with Gasteiger partial charge in [0.2, 0.25) is 0 Å². The lowest BCUT2D eigenvalue weighted by Crippen LogP contribution is -2.46. The summed E-state index contributed by atoms with van der Waals surface area (Å²) in [6.45, 7) is 6.29. The van der Waals surface area contributed by atoms with E-state index >= 15 is 0 Å². The number of urea groups is 1. The molecule has 1 fully saturated rings. The van der Waals surface area contributed by atoms with Crippen molar-refractivity contribution < 1.29 is 14.3 Å². The minimum absolute atomic E-state index is 0.0690. The molecule has 134 valence electrons. The minimum atomic E-state index is -0.472. The molecule has 0 aromatic carbocycles. The maximum Gasteiger partial charge on any atom is 0.323 e. The Morgan fingerprint density at radius 1 is 1.38 bits per heavy atom. The standard InChI is InChI=1S/C17H28N4O3/c1-17(2,3)24-15(22)9-8-13-7-5-6-12-21(13)16(23)19-14-10-11-18-20(14)4/h10-11,13H,5-9,12H2,1-4H3,(H,19,23)/t13-/m0/s1. The number of hydrogen-bond acceptors (Lipinski definition) is 4. The number of rotatable bonds is 4. The van der Waals surface area contributed by atoms with Crippen molar-refractivity contribution in [2.45, 2.75) is 64.5 Å². The van der Waals surface area contributed by atoms with Crippen LogP contribution in [0, 0.1) is 0 Å². The van der Waals surface area contributed by atoms with Gasteiger partial charge < -0.3 is 9.64 Å². The van der Waals surface area contributed by atoms with Gasteiger partial charge in [-0.15, -0.1) is 0 Å². The summed E-state index contributed by atoms with van der Waals surface area (Å²) in [5, 5.41) is 6.94. The molecule has 7 nitrogen and oxygen atoms in total. The van der Waals surface area contributed by atoms with Crippen LogP contribution in [0.2, 0.25) is 0 Å². The quantitative estimate of drug-likeness (QED) is 0.858. The lowest BCUT2D eigenvalue weighted by Gasteiger charge is -2.35. The molecule has 0 radical (unpaired) electrons. The minimum Gasteiger partial charge on any atom is -0.460 e. The van der Waals surface area contributed by atoms with E-state index in [1.165, 1.54) is 0 Å². The Kier molecular flexibility index (Phi) is 5.85. The van der Waals surface area contributed by atoms with Crippen LogP contribution in [0.1, 0.15) is 52.9 Å². The third-order valence-electron chi connectivity index (χ3n) is 4.05. The largest absolute Gasteiger partial charge is 0.460 e. The Balaban J connectivity index is 1.91. The molecule has 1 aliphatic heterocycles. The number of likely N-dealkylation sites (tertiary alicyclic amines) is 1. The lowest BCUT2D eigenvalue weighted by atomic mass is 9.98. The number of hydrogen-bond donors (Lipinski definition) is 1. The molecule has 2 heterocycles. The summed E-state index contributed by atoms with van der Waals surface area (Å²) in [5.74, 6) is 0.455. The van der Waals surface area contributed by atoms with Crippen LogP contribution < -0.4 is 5.32 Å². The molecule has 2 rings (SSSR count). The molecule has 24 heavy (non-hydrogen) atoms. The molecular formula is C17H28N4O3. The summed E-state index contributed by atoms with van der Waals surface area (Å²) < 4.78 is 6.98. The lowest BCUT2D eigenvalue weighted by molar-refractivity contribution is -0.155. The number of piperidine rings is 1. The molecule has 0 bridgehead atoms. The number of aromatic nitrogens is 2. The number of carbonyl (C=O) groups excluding carboxylic acids is 2. The summed E-state index contributed by atoms with van der Waals surface area (Å²) in [5.41, 5.74) is -0.472. The molecule has 1 aromatic rings. The van der Waals surface area contributed by atoms with Crippen LogP contribution in [0.5, 0.6) is 0 Å². The summed E-state index contributed by atoms with van der Waals surface area (Å²) in [6, 6.07) is 1.70.